The Balaban J connectivity index is 2.49. The average Bonchev–Trinajstić information content (AvgIpc) is 2.26. The number of hydrogen-bond donors (Lipinski definition) is 0. The van der Waals surface area contributed by atoms with Gasteiger partial charge in [0.15, 0.2) is 0 Å². The Kier molecular flexibility index (Phi) is 6.03. The molecule has 1 atom stereocenters. The molecular formula is C11H12Cl2O2S. The minimum absolute atomic E-state index is 0.0618. The van der Waals surface area contributed by atoms with Gasteiger partial charge in [0.2, 0.25) is 0 Å². The molecule has 0 saturated carbocycles. The van der Waals surface area contributed by atoms with Crippen LogP contribution in [0.3, 0.4) is 0 Å². The normalized spacial score (nSPS) is 12.2. The van der Waals surface area contributed by atoms with Gasteiger partial charge in [-0.25, -0.2) is 0 Å². The molecule has 0 spiro atoms. The fourth-order valence-electron chi connectivity index (χ4n) is 1.03. The summed E-state index contributed by atoms with van der Waals surface area (Å²) in [6, 6.07) is 7.47. The summed E-state index contributed by atoms with van der Waals surface area (Å²) < 4.78 is 4.92. The summed E-state index contributed by atoms with van der Waals surface area (Å²) in [4.78, 5) is 11.7. The molecule has 0 saturated heterocycles. The second-order valence-corrected chi connectivity index (χ2v) is 5.27. The minimum Gasteiger partial charge on any atom is -0.465 e. The zero-order chi connectivity index (χ0) is 12.0. The molecule has 1 aromatic rings. The molecule has 0 radical (unpaired) electrons. The monoisotopic (exact) mass is 278 g/mol. The Morgan fingerprint density at radius 3 is 2.56 bits per heavy atom. The van der Waals surface area contributed by atoms with Gasteiger partial charge in [-0.05, 0) is 24.3 Å². The van der Waals surface area contributed by atoms with Crippen molar-refractivity contribution in [3.05, 3.63) is 29.3 Å². The molecule has 0 aliphatic carbocycles. The van der Waals surface area contributed by atoms with Gasteiger partial charge in [-0.3, -0.25) is 4.79 Å². The molecule has 0 N–H and O–H groups in total. The molecule has 0 aliphatic heterocycles. The van der Waals surface area contributed by atoms with Crippen LogP contribution in [0.1, 0.15) is 6.92 Å². The van der Waals surface area contributed by atoms with Crippen molar-refractivity contribution in [2.24, 2.45) is 0 Å². The van der Waals surface area contributed by atoms with Gasteiger partial charge in [-0.2, -0.15) is 0 Å². The number of esters is 1. The van der Waals surface area contributed by atoms with E-state index in [0.29, 0.717) is 17.5 Å². The molecule has 5 heteroatoms. The molecular weight excluding hydrogens is 267 g/mol. The van der Waals surface area contributed by atoms with Gasteiger partial charge in [0.25, 0.3) is 0 Å². The van der Waals surface area contributed by atoms with Crippen LogP contribution >= 0.6 is 35.0 Å². The van der Waals surface area contributed by atoms with Gasteiger partial charge in [-0.1, -0.05) is 11.6 Å². The van der Waals surface area contributed by atoms with Crippen molar-refractivity contribution >= 4 is 40.9 Å². The quantitative estimate of drug-likeness (QED) is 0.468. The van der Waals surface area contributed by atoms with E-state index in [1.165, 1.54) is 6.92 Å². The Morgan fingerprint density at radius 2 is 2.06 bits per heavy atom. The minimum atomic E-state index is -0.285. The highest BCUT2D eigenvalue weighted by molar-refractivity contribution is 8.00. The van der Waals surface area contributed by atoms with E-state index in [0.717, 1.165) is 4.90 Å². The fourth-order valence-corrected chi connectivity index (χ4v) is 2.31. The summed E-state index contributed by atoms with van der Waals surface area (Å²) >= 11 is 13.1. The van der Waals surface area contributed by atoms with E-state index in [-0.39, 0.29) is 11.2 Å². The summed E-state index contributed by atoms with van der Waals surface area (Å²) in [6.45, 7) is 1.71. The molecule has 88 valence electrons. The lowest BCUT2D eigenvalue weighted by Gasteiger charge is -2.13. The molecule has 0 bridgehead atoms. The van der Waals surface area contributed by atoms with Crippen molar-refractivity contribution in [1.82, 2.24) is 0 Å². The van der Waals surface area contributed by atoms with E-state index in [1.54, 1.807) is 11.8 Å². The van der Waals surface area contributed by atoms with Gasteiger partial charge < -0.3 is 4.74 Å². The van der Waals surface area contributed by atoms with Gasteiger partial charge in [0.1, 0.15) is 6.61 Å². The van der Waals surface area contributed by atoms with E-state index < -0.39 is 0 Å². The maximum Gasteiger partial charge on any atom is 0.302 e. The van der Waals surface area contributed by atoms with Crippen LogP contribution in [0.2, 0.25) is 5.02 Å². The first-order valence-corrected chi connectivity index (χ1v) is 6.52. The Hall–Kier alpha value is -0.380. The molecule has 0 fully saturated rings. The van der Waals surface area contributed by atoms with Gasteiger partial charge in [-0.15, -0.1) is 23.4 Å². The number of alkyl halides is 1. The van der Waals surface area contributed by atoms with Crippen LogP contribution in [0.4, 0.5) is 0 Å². The number of thioether (sulfide) groups is 1. The molecule has 16 heavy (non-hydrogen) atoms. The van der Waals surface area contributed by atoms with Crippen LogP contribution in [-0.2, 0) is 9.53 Å². The number of hydrogen-bond acceptors (Lipinski definition) is 3. The van der Waals surface area contributed by atoms with Crippen LogP contribution in [0.5, 0.6) is 0 Å². The van der Waals surface area contributed by atoms with Crippen LogP contribution in [0.25, 0.3) is 0 Å². The number of rotatable bonds is 5. The third kappa shape index (κ3) is 5.10. The molecule has 1 unspecified atom stereocenters. The first-order valence-electron chi connectivity index (χ1n) is 4.73. The molecule has 0 amide bonds. The first-order chi connectivity index (χ1) is 7.61. The van der Waals surface area contributed by atoms with E-state index in [4.69, 9.17) is 27.9 Å². The first kappa shape index (κ1) is 13.7. The number of carbonyl (C=O) groups is 1. The SMILES string of the molecule is CC(=O)OCC(CCl)Sc1ccc(Cl)cc1. The smallest absolute Gasteiger partial charge is 0.302 e. The maximum absolute atomic E-state index is 10.7. The van der Waals surface area contributed by atoms with Crippen molar-refractivity contribution in [3.63, 3.8) is 0 Å². The van der Waals surface area contributed by atoms with Crippen LogP contribution in [0, 0.1) is 0 Å². The summed E-state index contributed by atoms with van der Waals surface area (Å²) in [5.41, 5.74) is 0. The van der Waals surface area contributed by atoms with Crippen molar-refractivity contribution in [1.29, 1.82) is 0 Å². The van der Waals surface area contributed by atoms with Gasteiger partial charge in [0, 0.05) is 22.7 Å². The highest BCUT2D eigenvalue weighted by Gasteiger charge is 2.11. The van der Waals surface area contributed by atoms with E-state index in [1.807, 2.05) is 24.3 Å². The second kappa shape index (κ2) is 7.05. The third-order valence-electron chi connectivity index (χ3n) is 1.76. The van der Waals surface area contributed by atoms with Gasteiger partial charge >= 0.3 is 5.97 Å². The lowest BCUT2D eigenvalue weighted by molar-refractivity contribution is -0.140. The summed E-state index contributed by atoms with van der Waals surface area (Å²) in [5, 5.41) is 0.763. The lowest BCUT2D eigenvalue weighted by Crippen LogP contribution is -2.15. The average molecular weight is 279 g/mol. The highest BCUT2D eigenvalue weighted by Crippen LogP contribution is 2.25. The Bertz CT molecular complexity index is 340. The van der Waals surface area contributed by atoms with E-state index in [9.17, 15) is 4.79 Å². The van der Waals surface area contributed by atoms with Gasteiger partial charge in [0.05, 0.1) is 5.25 Å². The standard InChI is InChI=1S/C11H12Cl2O2S/c1-8(14)15-7-11(6-12)16-10-4-2-9(13)3-5-10/h2-5,11H,6-7H2,1H3. The van der Waals surface area contributed by atoms with Crippen LogP contribution in [0.15, 0.2) is 29.2 Å². The number of halogens is 2. The highest BCUT2D eigenvalue weighted by atomic mass is 35.5. The summed E-state index contributed by atoms with van der Waals surface area (Å²) in [6.07, 6.45) is 0. The molecule has 0 aliphatic rings. The summed E-state index contributed by atoms with van der Waals surface area (Å²) in [5.74, 6) is 0.146. The largest absolute Gasteiger partial charge is 0.465 e. The van der Waals surface area contributed by atoms with E-state index >= 15 is 0 Å². The molecule has 1 rings (SSSR count). The van der Waals surface area contributed by atoms with Crippen LogP contribution in [-0.4, -0.2) is 23.7 Å². The lowest BCUT2D eigenvalue weighted by atomic mass is 10.4. The molecule has 0 aromatic heterocycles. The Morgan fingerprint density at radius 1 is 1.44 bits per heavy atom. The van der Waals surface area contributed by atoms with Crippen molar-refractivity contribution in [3.8, 4) is 0 Å². The van der Waals surface area contributed by atoms with E-state index in [2.05, 4.69) is 0 Å². The van der Waals surface area contributed by atoms with Crippen LogP contribution < -0.4 is 0 Å². The number of ether oxygens (including phenoxy) is 1. The van der Waals surface area contributed by atoms with Crippen molar-refractivity contribution in [2.45, 2.75) is 17.1 Å². The fraction of sp³-hybridized carbons (Fsp3) is 0.364. The predicted octanol–water partition coefficient (Wildman–Crippen LogP) is 3.60. The van der Waals surface area contributed by atoms with Crippen molar-refractivity contribution < 1.29 is 9.53 Å². The summed E-state index contributed by atoms with van der Waals surface area (Å²) in [7, 11) is 0. The zero-order valence-electron chi connectivity index (χ0n) is 8.78. The molecule has 1 aromatic carbocycles. The molecule has 0 heterocycles. The Labute approximate surface area is 109 Å². The molecule has 2 nitrogen and oxygen atoms in total. The number of carbonyl (C=O) groups excluding carboxylic acids is 1. The topological polar surface area (TPSA) is 26.3 Å². The zero-order valence-corrected chi connectivity index (χ0v) is 11.1. The maximum atomic E-state index is 10.7. The van der Waals surface area contributed by atoms with Crippen molar-refractivity contribution in [2.75, 3.05) is 12.5 Å². The third-order valence-corrected chi connectivity index (χ3v) is 3.75. The number of benzene rings is 1. The second-order valence-electron chi connectivity index (χ2n) is 3.15. The predicted molar refractivity (Wildman–Crippen MR) is 68.5 cm³/mol.